The van der Waals surface area contributed by atoms with Gasteiger partial charge in [-0.15, -0.1) is 10.2 Å². The molecule has 154 valence electrons. The minimum Gasteiger partial charge on any atom is -0.473 e. The van der Waals surface area contributed by atoms with E-state index >= 15 is 0 Å². The van der Waals surface area contributed by atoms with Crippen LogP contribution in [0.3, 0.4) is 0 Å². The van der Waals surface area contributed by atoms with E-state index in [0.29, 0.717) is 38.7 Å². The second-order valence-electron chi connectivity index (χ2n) is 7.28. The summed E-state index contributed by atoms with van der Waals surface area (Å²) in [5, 5.41) is 8.53. The second-order valence-corrected chi connectivity index (χ2v) is 7.28. The molecule has 1 aliphatic carbocycles. The molecule has 2 fully saturated rings. The number of hydrogen-bond acceptors (Lipinski definition) is 7. The molecular formula is C20H30N4O4. The highest BCUT2D eigenvalue weighted by atomic mass is 16.5. The Morgan fingerprint density at radius 2 is 1.79 bits per heavy atom. The van der Waals surface area contributed by atoms with Gasteiger partial charge in [-0.25, -0.2) is 0 Å². The van der Waals surface area contributed by atoms with Crippen LogP contribution in [0.15, 0.2) is 12.1 Å². The summed E-state index contributed by atoms with van der Waals surface area (Å²) in [4.78, 5) is 27.5. The predicted molar refractivity (Wildman–Crippen MR) is 104 cm³/mol. The third-order valence-corrected chi connectivity index (χ3v) is 5.27. The van der Waals surface area contributed by atoms with E-state index in [1.165, 1.54) is 19.3 Å². The van der Waals surface area contributed by atoms with Gasteiger partial charge in [-0.3, -0.25) is 9.59 Å². The molecule has 0 radical (unpaired) electrons. The molecular weight excluding hydrogens is 360 g/mol. The second kappa shape index (κ2) is 10.2. The highest BCUT2D eigenvalue weighted by Gasteiger charge is 2.23. The van der Waals surface area contributed by atoms with E-state index in [9.17, 15) is 9.59 Å². The number of carbonyl (C=O) groups excluding carboxylic acids is 2. The number of amides is 1. The molecule has 3 rings (SSSR count). The predicted octanol–water partition coefficient (Wildman–Crippen LogP) is 2.18. The van der Waals surface area contributed by atoms with Crippen molar-refractivity contribution in [2.75, 3.05) is 37.7 Å². The average Bonchev–Trinajstić information content (AvgIpc) is 2.74. The molecule has 0 spiro atoms. The number of rotatable bonds is 7. The van der Waals surface area contributed by atoms with Gasteiger partial charge in [0.2, 0.25) is 11.8 Å². The molecule has 28 heavy (non-hydrogen) atoms. The third-order valence-electron chi connectivity index (χ3n) is 5.27. The molecule has 1 aliphatic heterocycles. The number of hydrogen-bond donors (Lipinski definition) is 0. The first-order valence-electron chi connectivity index (χ1n) is 10.3. The van der Waals surface area contributed by atoms with Crippen LogP contribution >= 0.6 is 0 Å². The van der Waals surface area contributed by atoms with Crippen molar-refractivity contribution in [2.45, 2.75) is 58.0 Å². The van der Waals surface area contributed by atoms with E-state index in [1.807, 2.05) is 12.1 Å². The van der Waals surface area contributed by atoms with Crippen LogP contribution in [0.4, 0.5) is 5.82 Å². The van der Waals surface area contributed by atoms with Crippen molar-refractivity contribution >= 4 is 17.7 Å². The van der Waals surface area contributed by atoms with Crippen molar-refractivity contribution in [3.63, 3.8) is 0 Å². The van der Waals surface area contributed by atoms with E-state index in [2.05, 4.69) is 15.1 Å². The Morgan fingerprint density at radius 3 is 2.43 bits per heavy atom. The van der Waals surface area contributed by atoms with Crippen molar-refractivity contribution < 1.29 is 19.1 Å². The van der Waals surface area contributed by atoms with E-state index in [0.717, 1.165) is 18.7 Å². The van der Waals surface area contributed by atoms with E-state index in [4.69, 9.17) is 9.47 Å². The van der Waals surface area contributed by atoms with Gasteiger partial charge in [0.25, 0.3) is 0 Å². The molecule has 0 bridgehead atoms. The van der Waals surface area contributed by atoms with Gasteiger partial charge in [-0.1, -0.05) is 6.42 Å². The monoisotopic (exact) mass is 390 g/mol. The number of esters is 1. The van der Waals surface area contributed by atoms with Gasteiger partial charge in [0, 0.05) is 38.7 Å². The molecule has 0 N–H and O–H groups in total. The summed E-state index contributed by atoms with van der Waals surface area (Å²) in [6.07, 6.45) is 6.52. The smallest absolute Gasteiger partial charge is 0.306 e. The summed E-state index contributed by atoms with van der Waals surface area (Å²) in [5.41, 5.74) is 0. The van der Waals surface area contributed by atoms with Gasteiger partial charge >= 0.3 is 5.97 Å². The summed E-state index contributed by atoms with van der Waals surface area (Å²) in [7, 11) is 0. The zero-order chi connectivity index (χ0) is 19.8. The molecule has 1 saturated carbocycles. The lowest BCUT2D eigenvalue weighted by molar-refractivity contribution is -0.145. The van der Waals surface area contributed by atoms with Gasteiger partial charge in [-0.2, -0.15) is 0 Å². The van der Waals surface area contributed by atoms with Gasteiger partial charge in [0.05, 0.1) is 13.0 Å². The molecule has 1 saturated heterocycles. The first kappa shape index (κ1) is 20.4. The number of carbonyl (C=O) groups is 2. The van der Waals surface area contributed by atoms with Crippen LogP contribution in [0.5, 0.6) is 5.88 Å². The van der Waals surface area contributed by atoms with Gasteiger partial charge in [-0.05, 0) is 38.7 Å². The van der Waals surface area contributed by atoms with Crippen LogP contribution in [-0.2, 0) is 14.3 Å². The lowest BCUT2D eigenvalue weighted by atomic mass is 9.98. The number of ether oxygens (including phenoxy) is 2. The average molecular weight is 390 g/mol. The van der Waals surface area contributed by atoms with Crippen LogP contribution in [0.25, 0.3) is 0 Å². The molecule has 0 aromatic carbocycles. The van der Waals surface area contributed by atoms with Crippen LogP contribution in [0, 0.1) is 0 Å². The summed E-state index contributed by atoms with van der Waals surface area (Å²) < 4.78 is 10.8. The van der Waals surface area contributed by atoms with Crippen LogP contribution < -0.4 is 9.64 Å². The van der Waals surface area contributed by atoms with Crippen molar-refractivity contribution in [2.24, 2.45) is 0 Å². The summed E-state index contributed by atoms with van der Waals surface area (Å²) >= 11 is 0. The fourth-order valence-electron chi connectivity index (χ4n) is 3.68. The zero-order valence-corrected chi connectivity index (χ0v) is 16.6. The zero-order valence-electron chi connectivity index (χ0n) is 16.6. The molecule has 8 heteroatoms. The Morgan fingerprint density at radius 1 is 1.04 bits per heavy atom. The van der Waals surface area contributed by atoms with Gasteiger partial charge < -0.3 is 19.3 Å². The Hall–Kier alpha value is -2.38. The SMILES string of the molecule is CCOC(=O)CCC(=O)N1CCN(c2ccc(OC3CCCCC3)nn2)CC1. The molecule has 0 unspecified atom stereocenters. The molecule has 0 atom stereocenters. The quantitative estimate of drug-likeness (QED) is 0.660. The van der Waals surface area contributed by atoms with Gasteiger partial charge in [0.15, 0.2) is 5.82 Å². The van der Waals surface area contributed by atoms with Crippen molar-refractivity contribution in [1.29, 1.82) is 0 Å². The minimum absolute atomic E-state index is 0.00461. The fourth-order valence-corrected chi connectivity index (χ4v) is 3.68. The maximum Gasteiger partial charge on any atom is 0.306 e. The van der Waals surface area contributed by atoms with Crippen molar-refractivity contribution in [1.82, 2.24) is 15.1 Å². The molecule has 1 amide bonds. The Kier molecular flexibility index (Phi) is 7.45. The summed E-state index contributed by atoms with van der Waals surface area (Å²) in [6, 6.07) is 3.82. The maximum absolute atomic E-state index is 12.2. The molecule has 8 nitrogen and oxygen atoms in total. The first-order valence-corrected chi connectivity index (χ1v) is 10.3. The van der Waals surface area contributed by atoms with Crippen molar-refractivity contribution in [3.05, 3.63) is 12.1 Å². The molecule has 1 aromatic heterocycles. The number of piperazine rings is 1. The van der Waals surface area contributed by atoms with Crippen LogP contribution in [-0.4, -0.2) is 65.9 Å². The maximum atomic E-state index is 12.2. The van der Waals surface area contributed by atoms with Crippen molar-refractivity contribution in [3.8, 4) is 5.88 Å². The Bertz CT molecular complexity index is 638. The fraction of sp³-hybridized carbons (Fsp3) is 0.700. The van der Waals surface area contributed by atoms with Gasteiger partial charge in [0.1, 0.15) is 6.10 Å². The van der Waals surface area contributed by atoms with Crippen LogP contribution in [0.1, 0.15) is 51.9 Å². The third kappa shape index (κ3) is 5.81. The summed E-state index contributed by atoms with van der Waals surface area (Å²) in [5.74, 6) is 1.06. The van der Waals surface area contributed by atoms with E-state index in [-0.39, 0.29) is 30.8 Å². The number of aromatic nitrogens is 2. The standard InChI is InChI=1S/C20H30N4O4/c1-2-27-20(26)11-10-19(25)24-14-12-23(13-15-24)17-8-9-18(22-21-17)28-16-6-4-3-5-7-16/h8-9,16H,2-7,10-15H2,1H3. The normalized spacial score (nSPS) is 18.0. The van der Waals surface area contributed by atoms with E-state index < -0.39 is 0 Å². The molecule has 1 aromatic rings. The first-order chi connectivity index (χ1) is 13.7. The topological polar surface area (TPSA) is 84.9 Å². The van der Waals surface area contributed by atoms with E-state index in [1.54, 1.807) is 11.8 Å². The highest BCUT2D eigenvalue weighted by Crippen LogP contribution is 2.23. The summed E-state index contributed by atoms with van der Waals surface area (Å²) in [6.45, 7) is 4.73. The minimum atomic E-state index is -0.319. The number of anilines is 1. The largest absolute Gasteiger partial charge is 0.473 e. The van der Waals surface area contributed by atoms with Crippen LogP contribution in [0.2, 0.25) is 0 Å². The Balaban J connectivity index is 1.42. The lowest BCUT2D eigenvalue weighted by Crippen LogP contribution is -2.49. The number of nitrogens with zero attached hydrogens (tertiary/aromatic N) is 4. The Labute approximate surface area is 166 Å². The highest BCUT2D eigenvalue weighted by molar-refractivity contribution is 5.81. The molecule has 2 aliphatic rings. The lowest BCUT2D eigenvalue weighted by Gasteiger charge is -2.35. The molecule has 2 heterocycles.